The van der Waals surface area contributed by atoms with Crippen LogP contribution in [0, 0.1) is 11.6 Å². The van der Waals surface area contributed by atoms with Gasteiger partial charge in [0, 0.05) is 44.5 Å². The largest absolute Gasteiger partial charge is 0.508 e. The van der Waals surface area contributed by atoms with Crippen LogP contribution in [0.1, 0.15) is 0 Å². The molecule has 0 amide bonds. The molecular weight excluding hydrogens is 596 g/mol. The Kier molecular flexibility index (Phi) is 7.82. The third-order valence-corrected chi connectivity index (χ3v) is 13.8. The van der Waals surface area contributed by atoms with E-state index in [1.807, 2.05) is 0 Å². The third-order valence-electron chi connectivity index (χ3n) is 7.50. The Morgan fingerprint density at radius 2 is 0.659 bits per heavy atom. The molecule has 0 aliphatic rings. The maximum Gasteiger partial charge on any atom is 0.174 e. The molecule has 0 aromatic heterocycles. The van der Waals surface area contributed by atoms with Gasteiger partial charge in [0.15, 0.2) is 14.3 Å². The van der Waals surface area contributed by atoms with E-state index < -0.39 is 37.4 Å². The molecule has 8 heteroatoms. The number of hydrogen-bond donors (Lipinski definition) is 2. The number of phenols is 2. The van der Waals surface area contributed by atoms with E-state index in [1.54, 1.807) is 121 Å². The maximum absolute atomic E-state index is 16.4. The van der Waals surface area contributed by atoms with Crippen molar-refractivity contribution in [1.82, 2.24) is 0 Å². The Labute approximate surface area is 253 Å². The van der Waals surface area contributed by atoms with Crippen LogP contribution in [0.25, 0.3) is 11.1 Å². The Bertz CT molecular complexity index is 1820. The lowest BCUT2D eigenvalue weighted by Crippen LogP contribution is -2.32. The van der Waals surface area contributed by atoms with Crippen molar-refractivity contribution in [2.24, 2.45) is 0 Å². The van der Waals surface area contributed by atoms with Gasteiger partial charge in [0.1, 0.15) is 23.1 Å². The van der Waals surface area contributed by atoms with Gasteiger partial charge >= 0.3 is 0 Å². The Morgan fingerprint density at radius 3 is 0.909 bits per heavy atom. The minimum absolute atomic E-state index is 0.157. The minimum atomic E-state index is -4.06. The van der Waals surface area contributed by atoms with Crippen LogP contribution in [0.2, 0.25) is 0 Å². The van der Waals surface area contributed by atoms with Crippen LogP contribution in [0.15, 0.2) is 146 Å². The van der Waals surface area contributed by atoms with Gasteiger partial charge in [-0.15, -0.1) is 0 Å². The van der Waals surface area contributed by atoms with Crippen molar-refractivity contribution in [2.75, 3.05) is 0 Å². The molecule has 6 aromatic rings. The van der Waals surface area contributed by atoms with Gasteiger partial charge in [0.25, 0.3) is 0 Å². The molecule has 0 aliphatic heterocycles. The van der Waals surface area contributed by atoms with Crippen molar-refractivity contribution in [3.8, 4) is 22.6 Å². The second-order valence-corrected chi connectivity index (χ2v) is 15.6. The van der Waals surface area contributed by atoms with Crippen LogP contribution < -0.4 is 31.8 Å². The zero-order valence-electron chi connectivity index (χ0n) is 23.2. The zero-order valence-corrected chi connectivity index (χ0v) is 25.0. The lowest BCUT2D eigenvalue weighted by atomic mass is 10.0. The van der Waals surface area contributed by atoms with E-state index in [0.29, 0.717) is 21.2 Å². The summed E-state index contributed by atoms with van der Waals surface area (Å²) in [6, 6.07) is 37.4. The Hall–Kier alpha value is -4.76. The maximum atomic E-state index is 16.4. The van der Waals surface area contributed by atoms with Crippen LogP contribution in [0.4, 0.5) is 8.78 Å². The van der Waals surface area contributed by atoms with Crippen molar-refractivity contribution < 1.29 is 28.1 Å². The average Bonchev–Trinajstić information content (AvgIpc) is 3.05. The third kappa shape index (κ3) is 4.97. The first-order chi connectivity index (χ1) is 21.2. The molecule has 6 aromatic carbocycles. The molecular formula is C36H26F2O4P2. The molecule has 0 aliphatic carbocycles. The molecule has 0 spiro atoms. The lowest BCUT2D eigenvalue weighted by Gasteiger charge is -2.27. The van der Waals surface area contributed by atoms with Crippen molar-refractivity contribution >= 4 is 46.1 Å². The summed E-state index contributed by atoms with van der Waals surface area (Å²) in [7, 11) is -8.13. The number of aromatic hydroxyl groups is 2. The molecule has 44 heavy (non-hydrogen) atoms. The first-order valence-corrected chi connectivity index (χ1v) is 17.1. The van der Waals surface area contributed by atoms with Gasteiger partial charge in [-0.2, -0.15) is 0 Å². The van der Waals surface area contributed by atoms with Gasteiger partial charge in [-0.05, 0) is 12.1 Å². The SMILES string of the molecule is O=P(c1ccccc1)(c1ccccc1)c1c(F)cc(O)cc1-c1cc(O)cc(F)c1P(=O)(c1ccccc1)c1ccccc1. The fraction of sp³-hybridized carbons (Fsp3) is 0. The van der Waals surface area contributed by atoms with Crippen LogP contribution in [0.5, 0.6) is 11.5 Å². The summed E-state index contributed by atoms with van der Waals surface area (Å²) in [6.45, 7) is 0. The molecule has 0 radical (unpaired) electrons. The monoisotopic (exact) mass is 622 g/mol. The molecule has 0 bridgehead atoms. The number of benzene rings is 6. The van der Waals surface area contributed by atoms with Crippen LogP contribution in [0.3, 0.4) is 0 Å². The first kappa shape index (κ1) is 29.3. The molecule has 0 fully saturated rings. The normalized spacial score (nSPS) is 11.8. The highest BCUT2D eigenvalue weighted by molar-refractivity contribution is 7.86. The van der Waals surface area contributed by atoms with E-state index >= 15 is 17.9 Å². The van der Waals surface area contributed by atoms with E-state index in [1.165, 1.54) is 12.1 Å². The predicted molar refractivity (Wildman–Crippen MR) is 174 cm³/mol. The predicted octanol–water partition coefficient (Wildman–Crippen LogP) is 6.32. The molecule has 0 saturated carbocycles. The van der Waals surface area contributed by atoms with Gasteiger partial charge in [-0.25, -0.2) is 8.78 Å². The lowest BCUT2D eigenvalue weighted by molar-refractivity contribution is 0.468. The summed E-state index contributed by atoms with van der Waals surface area (Å²) in [6.07, 6.45) is 0. The van der Waals surface area contributed by atoms with Crippen LogP contribution in [-0.4, -0.2) is 10.2 Å². The number of phenolic OH excluding ortho intramolecular Hbond substituents is 2. The molecule has 218 valence electrons. The van der Waals surface area contributed by atoms with Crippen LogP contribution in [-0.2, 0) is 9.13 Å². The summed E-state index contributed by atoms with van der Waals surface area (Å²) in [5.41, 5.74) is -0.314. The van der Waals surface area contributed by atoms with Crippen molar-refractivity contribution in [2.45, 2.75) is 0 Å². The van der Waals surface area contributed by atoms with Crippen molar-refractivity contribution in [1.29, 1.82) is 0 Å². The highest BCUT2D eigenvalue weighted by Gasteiger charge is 2.40. The van der Waals surface area contributed by atoms with E-state index in [4.69, 9.17) is 0 Å². The molecule has 4 nitrogen and oxygen atoms in total. The van der Waals surface area contributed by atoms with Gasteiger partial charge in [0.05, 0.1) is 10.6 Å². The molecule has 0 saturated heterocycles. The summed E-state index contributed by atoms with van der Waals surface area (Å²) in [4.78, 5) is 0. The number of hydrogen-bond acceptors (Lipinski definition) is 4. The molecule has 0 unspecified atom stereocenters. The van der Waals surface area contributed by atoms with Gasteiger partial charge < -0.3 is 19.3 Å². The second-order valence-electron chi connectivity index (χ2n) is 10.2. The zero-order chi connectivity index (χ0) is 30.9. The van der Waals surface area contributed by atoms with Crippen molar-refractivity contribution in [3.05, 3.63) is 157 Å². The van der Waals surface area contributed by atoms with E-state index in [-0.39, 0.29) is 21.7 Å². The van der Waals surface area contributed by atoms with E-state index in [2.05, 4.69) is 0 Å². The summed E-state index contributed by atoms with van der Waals surface area (Å²) in [5, 5.41) is 22.0. The average molecular weight is 623 g/mol. The van der Waals surface area contributed by atoms with E-state index in [0.717, 1.165) is 12.1 Å². The quantitative estimate of drug-likeness (QED) is 0.205. The smallest absolute Gasteiger partial charge is 0.174 e. The molecule has 0 heterocycles. The summed E-state index contributed by atoms with van der Waals surface area (Å²) in [5.74, 6) is -3.03. The van der Waals surface area contributed by atoms with Gasteiger partial charge in [-0.1, -0.05) is 121 Å². The fourth-order valence-corrected chi connectivity index (χ4v) is 11.4. The van der Waals surface area contributed by atoms with Crippen molar-refractivity contribution in [3.63, 3.8) is 0 Å². The second kappa shape index (κ2) is 11.7. The standard InChI is InChI=1S/C36H26F2O4P2/c37-33-23-25(39)21-31(35(33)43(41,27-13-5-1-6-14-27)28-15-7-2-8-16-28)32-22-26(40)24-34(38)36(32)44(42,29-17-9-3-10-18-29)30-19-11-4-12-20-30/h1-24,39-40H. The Balaban J connectivity index is 1.78. The fourth-order valence-electron chi connectivity index (χ4n) is 5.59. The number of rotatable bonds is 7. The Morgan fingerprint density at radius 1 is 0.409 bits per heavy atom. The molecule has 2 N–H and O–H groups in total. The molecule has 0 atom stereocenters. The minimum Gasteiger partial charge on any atom is -0.508 e. The first-order valence-electron chi connectivity index (χ1n) is 13.7. The summed E-state index contributed by atoms with van der Waals surface area (Å²) >= 11 is 0. The highest BCUT2D eigenvalue weighted by Crippen LogP contribution is 2.51. The highest BCUT2D eigenvalue weighted by atomic mass is 31.2. The summed E-state index contributed by atoms with van der Waals surface area (Å²) < 4.78 is 63.7. The topological polar surface area (TPSA) is 74.6 Å². The van der Waals surface area contributed by atoms with Crippen LogP contribution >= 0.6 is 14.3 Å². The van der Waals surface area contributed by atoms with Gasteiger partial charge in [0.2, 0.25) is 0 Å². The number of halogens is 2. The molecule has 6 rings (SSSR count). The van der Waals surface area contributed by atoms with E-state index in [9.17, 15) is 10.2 Å². The van der Waals surface area contributed by atoms with Gasteiger partial charge in [-0.3, -0.25) is 0 Å².